The van der Waals surface area contributed by atoms with Gasteiger partial charge >= 0.3 is 19.3 Å². The van der Waals surface area contributed by atoms with Gasteiger partial charge in [0.2, 0.25) is 0 Å². The van der Waals surface area contributed by atoms with Gasteiger partial charge in [0.15, 0.2) is 0 Å². The van der Waals surface area contributed by atoms with E-state index >= 15 is 0 Å². The lowest BCUT2D eigenvalue weighted by Crippen LogP contribution is -2.62. The molecule has 50 heavy (non-hydrogen) atoms. The highest BCUT2D eigenvalue weighted by Gasteiger charge is 2.67. The first-order valence-corrected chi connectivity index (χ1v) is 20.8. The van der Waals surface area contributed by atoms with Crippen molar-refractivity contribution in [3.63, 3.8) is 0 Å². The third kappa shape index (κ3) is 7.13. The topological polar surface area (TPSA) is 137 Å². The molecule has 1 aliphatic heterocycles. The minimum Gasteiger partial charge on any atom is -0.446 e. The van der Waals surface area contributed by atoms with Crippen molar-refractivity contribution in [2.45, 2.75) is 148 Å². The van der Waals surface area contributed by atoms with Crippen LogP contribution in [-0.2, 0) is 23.1 Å². The number of carbonyl (C=O) groups excluding carboxylic acids is 1. The SMILES string of the molecule is CO[C@H]1CN(C(=O)O[C@H]2CC[C@@]3(C)[C@H](CC[C@@H]4[C@@H]3CC[C@]3(C)[C@@H](c5ccc(=O)oc5)CC[C@]43O)C2)CC[C@H]1NCP(=O)(OC(C)C)OC(C)C. The zero-order valence-corrected chi connectivity index (χ0v) is 32.1. The lowest BCUT2D eigenvalue weighted by Gasteiger charge is -2.63. The fourth-order valence-corrected chi connectivity index (χ4v) is 13.1. The molecule has 1 aromatic heterocycles. The number of piperidine rings is 1. The summed E-state index contributed by atoms with van der Waals surface area (Å²) < 4.78 is 42.0. The number of nitrogens with zero attached hydrogens (tertiary/aromatic N) is 1. The Morgan fingerprint density at radius 1 is 1.02 bits per heavy atom. The van der Waals surface area contributed by atoms with E-state index in [1.54, 1.807) is 18.3 Å². The zero-order chi connectivity index (χ0) is 36.1. The molecule has 1 aromatic rings. The quantitative estimate of drug-likeness (QED) is 0.242. The fourth-order valence-electron chi connectivity index (χ4n) is 11.1. The van der Waals surface area contributed by atoms with Crippen molar-refractivity contribution in [1.29, 1.82) is 0 Å². The van der Waals surface area contributed by atoms with Crippen molar-refractivity contribution in [3.05, 3.63) is 34.4 Å². The maximum Gasteiger partial charge on any atom is 0.410 e. The van der Waals surface area contributed by atoms with Crippen LogP contribution in [0.25, 0.3) is 0 Å². The van der Waals surface area contributed by atoms with Crippen molar-refractivity contribution in [3.8, 4) is 0 Å². The Labute approximate surface area is 298 Å². The smallest absolute Gasteiger partial charge is 0.410 e. The summed E-state index contributed by atoms with van der Waals surface area (Å²) >= 11 is 0. The van der Waals surface area contributed by atoms with Gasteiger partial charge in [-0.25, -0.2) is 9.59 Å². The van der Waals surface area contributed by atoms with Crippen LogP contribution < -0.4 is 10.9 Å². The van der Waals surface area contributed by atoms with Crippen LogP contribution in [-0.4, -0.2) is 78.6 Å². The molecule has 4 aliphatic carbocycles. The highest BCUT2D eigenvalue weighted by molar-refractivity contribution is 7.53. The van der Waals surface area contributed by atoms with Crippen molar-refractivity contribution in [2.75, 3.05) is 26.5 Å². The molecule has 0 aromatic carbocycles. The molecule has 282 valence electrons. The molecular formula is C38H61N2O9P. The number of rotatable bonds is 10. The number of fused-ring (bicyclic) bond motifs is 5. The van der Waals surface area contributed by atoms with E-state index < -0.39 is 13.2 Å². The van der Waals surface area contributed by atoms with Crippen LogP contribution in [0.2, 0.25) is 0 Å². The Morgan fingerprint density at radius 2 is 1.76 bits per heavy atom. The largest absolute Gasteiger partial charge is 0.446 e. The standard InChI is InChI=1S/C38H61N2O9P/c1-24(2)48-50(44,49-25(3)4)23-39-32-15-19-40(21-33(32)45-7)35(42)47-28-12-16-36(5)27(20-28)9-10-31-30(36)13-17-37(6)29(14-18-38(31,37)43)26-8-11-34(41)46-22-26/h8,11,22,24-25,27-33,39,43H,9-10,12-21,23H2,1-7H3/t27-,28+,29-,30+,31-,32-,33+,36+,37-,38+/m1/s1. The molecule has 4 saturated carbocycles. The Bertz CT molecular complexity index is 1440. The summed E-state index contributed by atoms with van der Waals surface area (Å²) in [5.41, 5.74) is -0.207. The summed E-state index contributed by atoms with van der Waals surface area (Å²) in [7, 11) is -1.71. The maximum absolute atomic E-state index is 13.5. The molecule has 10 atom stereocenters. The first-order valence-electron chi connectivity index (χ1n) is 19.1. The van der Waals surface area contributed by atoms with Gasteiger partial charge in [-0.1, -0.05) is 13.8 Å². The molecule has 1 amide bonds. The fraction of sp³-hybridized carbons (Fsp3) is 0.842. The van der Waals surface area contributed by atoms with Crippen molar-refractivity contribution in [1.82, 2.24) is 10.2 Å². The van der Waals surface area contributed by atoms with E-state index in [0.29, 0.717) is 31.3 Å². The van der Waals surface area contributed by atoms with Gasteiger partial charge in [-0.05, 0) is 133 Å². The Morgan fingerprint density at radius 3 is 2.42 bits per heavy atom. The first kappa shape index (κ1) is 38.0. The number of hydrogen-bond acceptors (Lipinski definition) is 10. The van der Waals surface area contributed by atoms with Gasteiger partial charge in [-0.2, -0.15) is 0 Å². The lowest BCUT2D eigenvalue weighted by molar-refractivity contribution is -0.205. The number of aliphatic hydroxyl groups is 1. The molecule has 11 nitrogen and oxygen atoms in total. The molecule has 1 saturated heterocycles. The van der Waals surface area contributed by atoms with Crippen LogP contribution >= 0.6 is 7.60 Å². The third-order valence-corrected chi connectivity index (χ3v) is 15.7. The summed E-state index contributed by atoms with van der Waals surface area (Å²) in [6.45, 7) is 13.0. The molecule has 5 aliphatic rings. The van der Waals surface area contributed by atoms with E-state index in [2.05, 4.69) is 19.2 Å². The maximum atomic E-state index is 13.5. The van der Waals surface area contributed by atoms with Crippen LogP contribution in [0.5, 0.6) is 0 Å². The van der Waals surface area contributed by atoms with Crippen LogP contribution in [0.4, 0.5) is 4.79 Å². The predicted molar refractivity (Wildman–Crippen MR) is 190 cm³/mol. The van der Waals surface area contributed by atoms with Crippen molar-refractivity contribution in [2.24, 2.45) is 28.6 Å². The highest BCUT2D eigenvalue weighted by Crippen LogP contribution is 2.70. The minimum absolute atomic E-state index is 0.0756. The number of likely N-dealkylation sites (tertiary alicyclic amines) is 1. The van der Waals surface area contributed by atoms with Gasteiger partial charge < -0.3 is 38.3 Å². The van der Waals surface area contributed by atoms with Crippen LogP contribution in [0, 0.1) is 28.6 Å². The summed E-state index contributed by atoms with van der Waals surface area (Å²) in [6, 6.07) is 3.29. The van der Waals surface area contributed by atoms with E-state index in [9.17, 15) is 19.3 Å². The molecule has 12 heteroatoms. The van der Waals surface area contributed by atoms with Crippen molar-refractivity contribution < 1.29 is 37.4 Å². The molecule has 2 heterocycles. The Balaban J connectivity index is 1.04. The molecule has 0 bridgehead atoms. The monoisotopic (exact) mass is 720 g/mol. The molecule has 5 fully saturated rings. The third-order valence-electron chi connectivity index (χ3n) is 13.6. The van der Waals surface area contributed by atoms with E-state index in [1.807, 2.05) is 33.8 Å². The van der Waals surface area contributed by atoms with Crippen LogP contribution in [0.15, 0.2) is 27.6 Å². The number of methoxy groups -OCH3 is 1. The summed E-state index contributed by atoms with van der Waals surface area (Å²) in [5.74, 6) is 1.30. The number of ether oxygens (including phenoxy) is 2. The van der Waals surface area contributed by atoms with Gasteiger partial charge in [0.1, 0.15) is 6.10 Å². The second-order valence-electron chi connectivity index (χ2n) is 17.0. The zero-order valence-electron chi connectivity index (χ0n) is 31.2. The van der Waals surface area contributed by atoms with Crippen molar-refractivity contribution >= 4 is 13.7 Å². The van der Waals surface area contributed by atoms with E-state index in [4.69, 9.17) is 22.9 Å². The Kier molecular flexibility index (Phi) is 11.1. The van der Waals surface area contributed by atoms with E-state index in [-0.39, 0.29) is 71.1 Å². The number of nitrogens with one attached hydrogen (secondary N) is 1. The highest BCUT2D eigenvalue weighted by atomic mass is 31.2. The summed E-state index contributed by atoms with van der Waals surface area (Å²) in [5, 5.41) is 15.9. The molecule has 6 rings (SSSR count). The summed E-state index contributed by atoms with van der Waals surface area (Å²) in [6.07, 6.45) is 9.56. The Hall–Kier alpha value is -1.75. The van der Waals surface area contributed by atoms with Crippen LogP contribution in [0.3, 0.4) is 0 Å². The molecule has 0 spiro atoms. The van der Waals surface area contributed by atoms with Gasteiger partial charge in [-0.3, -0.25) is 4.57 Å². The molecule has 2 N–H and O–H groups in total. The number of amides is 1. The van der Waals surface area contributed by atoms with E-state index in [1.165, 1.54) is 6.07 Å². The van der Waals surface area contributed by atoms with E-state index in [0.717, 1.165) is 63.4 Å². The summed E-state index contributed by atoms with van der Waals surface area (Å²) in [4.78, 5) is 26.9. The molecular weight excluding hydrogens is 659 g/mol. The first-order chi connectivity index (χ1) is 23.6. The molecule has 0 unspecified atom stereocenters. The normalized spacial score (nSPS) is 38.8. The minimum atomic E-state index is -3.35. The van der Waals surface area contributed by atoms with Gasteiger partial charge in [0.25, 0.3) is 0 Å². The number of carbonyl (C=O) groups is 1. The second kappa shape index (κ2) is 14.6. The molecule has 0 radical (unpaired) electrons. The second-order valence-corrected chi connectivity index (χ2v) is 19.0. The lowest BCUT2D eigenvalue weighted by atomic mass is 9.43. The number of hydrogen-bond donors (Lipinski definition) is 2. The van der Waals surface area contributed by atoms with Gasteiger partial charge in [0, 0.05) is 31.2 Å². The van der Waals surface area contributed by atoms with Crippen LogP contribution in [0.1, 0.15) is 117 Å². The predicted octanol–water partition coefficient (Wildman–Crippen LogP) is 7.07. The average molecular weight is 721 g/mol. The average Bonchev–Trinajstić information content (AvgIpc) is 3.34. The van der Waals surface area contributed by atoms with Gasteiger partial charge in [-0.15, -0.1) is 0 Å². The van der Waals surface area contributed by atoms with Gasteiger partial charge in [0.05, 0.1) is 43.0 Å².